The van der Waals surface area contributed by atoms with Gasteiger partial charge in [0, 0.05) is 33.6 Å². The Balaban J connectivity index is 1.30. The summed E-state index contributed by atoms with van der Waals surface area (Å²) in [6.45, 7) is 0.422. The van der Waals surface area contributed by atoms with Gasteiger partial charge in [-0.25, -0.2) is 4.98 Å². The molecule has 6 rings (SSSR count). The Bertz CT molecular complexity index is 1650. The Hall–Kier alpha value is -4.50. The minimum absolute atomic E-state index is 0.176. The molecule has 0 aliphatic carbocycles. The third kappa shape index (κ3) is 3.57. The first-order chi connectivity index (χ1) is 16.7. The number of rotatable bonds is 5. The summed E-state index contributed by atoms with van der Waals surface area (Å²) in [6, 6.07) is 15.6. The number of thiophene rings is 1. The molecule has 0 spiro atoms. The molecule has 0 aliphatic rings. The molecule has 1 aromatic carbocycles. The van der Waals surface area contributed by atoms with E-state index in [9.17, 15) is 4.79 Å². The number of fused-ring (bicyclic) bond motifs is 2. The van der Waals surface area contributed by atoms with Crippen LogP contribution in [-0.4, -0.2) is 31.1 Å². The highest BCUT2D eigenvalue weighted by atomic mass is 32.1. The molecule has 0 fully saturated rings. The van der Waals surface area contributed by atoms with E-state index in [4.69, 9.17) is 5.73 Å². The Labute approximate surface area is 197 Å². The molecular weight excluding hydrogens is 446 g/mol. The molecule has 0 unspecified atom stereocenters. The van der Waals surface area contributed by atoms with Crippen LogP contribution in [0.15, 0.2) is 73.3 Å². The second-order valence-corrected chi connectivity index (χ2v) is 9.05. The molecule has 6 aromatic rings. The zero-order valence-corrected chi connectivity index (χ0v) is 18.7. The molecule has 5 aromatic heterocycles. The number of hydrogen-bond acceptors (Lipinski definition) is 6. The number of H-pyrrole nitrogens is 2. The molecule has 0 aliphatic heterocycles. The van der Waals surface area contributed by atoms with Crippen molar-refractivity contribution in [2.24, 2.45) is 0 Å². The number of aromatic nitrogens is 5. The van der Waals surface area contributed by atoms with E-state index >= 15 is 0 Å². The third-order valence-corrected chi connectivity index (χ3v) is 6.80. The Morgan fingerprint density at radius 1 is 1.09 bits per heavy atom. The van der Waals surface area contributed by atoms with E-state index in [0.717, 1.165) is 42.9 Å². The number of carbonyl (C=O) groups is 1. The van der Waals surface area contributed by atoms with E-state index < -0.39 is 0 Å². The van der Waals surface area contributed by atoms with Crippen molar-refractivity contribution in [2.75, 3.05) is 5.73 Å². The van der Waals surface area contributed by atoms with E-state index in [1.807, 2.05) is 54.7 Å². The van der Waals surface area contributed by atoms with Crippen molar-refractivity contribution in [3.8, 4) is 21.7 Å². The first kappa shape index (κ1) is 20.1. The van der Waals surface area contributed by atoms with Crippen molar-refractivity contribution >= 4 is 44.9 Å². The number of amides is 1. The third-order valence-electron chi connectivity index (χ3n) is 5.69. The van der Waals surface area contributed by atoms with E-state index in [0.29, 0.717) is 23.4 Å². The zero-order chi connectivity index (χ0) is 23.1. The van der Waals surface area contributed by atoms with Crippen molar-refractivity contribution in [3.05, 3.63) is 83.8 Å². The van der Waals surface area contributed by atoms with Crippen LogP contribution in [0.3, 0.4) is 0 Å². The molecule has 5 heterocycles. The summed E-state index contributed by atoms with van der Waals surface area (Å²) in [7, 11) is 0. The highest BCUT2D eigenvalue weighted by molar-refractivity contribution is 7.15. The predicted molar refractivity (Wildman–Crippen MR) is 134 cm³/mol. The molecule has 0 bridgehead atoms. The van der Waals surface area contributed by atoms with Crippen LogP contribution in [0.5, 0.6) is 0 Å². The van der Waals surface area contributed by atoms with E-state index in [-0.39, 0.29) is 5.91 Å². The number of anilines is 1. The average molecular weight is 466 g/mol. The number of benzene rings is 1. The number of hydrogen-bond donors (Lipinski definition) is 4. The molecule has 8 nitrogen and oxygen atoms in total. The summed E-state index contributed by atoms with van der Waals surface area (Å²) >= 11 is 1.61. The summed E-state index contributed by atoms with van der Waals surface area (Å²) in [5.41, 5.74) is 10.8. The van der Waals surface area contributed by atoms with Gasteiger partial charge in [-0.15, -0.1) is 11.3 Å². The molecule has 0 saturated heterocycles. The lowest BCUT2D eigenvalue weighted by atomic mass is 10.00. The highest BCUT2D eigenvalue weighted by Crippen LogP contribution is 2.33. The van der Waals surface area contributed by atoms with Crippen molar-refractivity contribution < 1.29 is 4.79 Å². The first-order valence-corrected chi connectivity index (χ1v) is 11.5. The summed E-state index contributed by atoms with van der Waals surface area (Å²) in [5.74, 6) is 0.265. The molecular formula is C25H19N7OS. The van der Waals surface area contributed by atoms with Crippen LogP contribution < -0.4 is 11.1 Å². The lowest BCUT2D eigenvalue weighted by molar-refractivity contribution is 0.0953. The van der Waals surface area contributed by atoms with Crippen LogP contribution in [0, 0.1) is 0 Å². The Morgan fingerprint density at radius 2 is 2.03 bits per heavy atom. The van der Waals surface area contributed by atoms with Crippen LogP contribution in [0.25, 0.3) is 43.5 Å². The minimum Gasteiger partial charge on any atom is -0.384 e. The fourth-order valence-electron chi connectivity index (χ4n) is 4.05. The van der Waals surface area contributed by atoms with Gasteiger partial charge in [-0.05, 0) is 48.0 Å². The fraction of sp³-hybridized carbons (Fsp3) is 0.0400. The topological polar surface area (TPSA) is 125 Å². The average Bonchev–Trinajstić information content (AvgIpc) is 3.61. The summed E-state index contributed by atoms with van der Waals surface area (Å²) in [6.07, 6.45) is 7.11. The number of nitrogens with two attached hydrogens (primary N) is 1. The van der Waals surface area contributed by atoms with Crippen molar-refractivity contribution in [1.29, 1.82) is 0 Å². The Kier molecular flexibility index (Phi) is 4.81. The standard InChI is InChI=1S/C25H19N7OS/c26-23-9-17-19(12-28-21(17)13-29-23)14-7-15-10-31-32-24(15)18(8-14)25(33)30-11-16-4-5-22(34-16)20-3-1-2-6-27-20/h1-10,12-13,28H,11H2,(H2,26,29)(H,30,33)(H,31,32). The lowest BCUT2D eigenvalue weighted by Crippen LogP contribution is -2.22. The van der Waals surface area contributed by atoms with Gasteiger partial charge in [-0.1, -0.05) is 6.07 Å². The largest absolute Gasteiger partial charge is 0.384 e. The predicted octanol–water partition coefficient (Wildman–Crippen LogP) is 4.74. The second kappa shape index (κ2) is 8.13. The van der Waals surface area contributed by atoms with Gasteiger partial charge < -0.3 is 16.0 Å². The van der Waals surface area contributed by atoms with E-state index in [1.54, 1.807) is 29.9 Å². The second-order valence-electron chi connectivity index (χ2n) is 7.88. The molecule has 5 N–H and O–H groups in total. The van der Waals surface area contributed by atoms with Crippen LogP contribution in [0.1, 0.15) is 15.2 Å². The molecule has 0 saturated carbocycles. The minimum atomic E-state index is -0.176. The van der Waals surface area contributed by atoms with Crippen LogP contribution in [0.4, 0.5) is 5.82 Å². The van der Waals surface area contributed by atoms with Crippen molar-refractivity contribution in [1.82, 2.24) is 30.5 Å². The SMILES string of the molecule is Nc1cc2c(-c3cc(C(=O)NCc4ccc(-c5ccccn5)s4)c4[nH]ncc4c3)c[nH]c2cn1. The lowest BCUT2D eigenvalue weighted by Gasteiger charge is -2.08. The van der Waals surface area contributed by atoms with E-state index in [1.165, 1.54) is 0 Å². The Morgan fingerprint density at radius 3 is 2.91 bits per heavy atom. The van der Waals surface area contributed by atoms with Crippen LogP contribution in [-0.2, 0) is 6.54 Å². The quantitative estimate of drug-likeness (QED) is 0.293. The van der Waals surface area contributed by atoms with Crippen LogP contribution >= 0.6 is 11.3 Å². The molecule has 0 radical (unpaired) electrons. The summed E-state index contributed by atoms with van der Waals surface area (Å²) in [4.78, 5) is 27.1. The fourth-order valence-corrected chi connectivity index (χ4v) is 4.97. The monoisotopic (exact) mass is 465 g/mol. The maximum absolute atomic E-state index is 13.2. The number of nitrogen functional groups attached to an aromatic ring is 1. The van der Waals surface area contributed by atoms with Crippen LogP contribution in [0.2, 0.25) is 0 Å². The van der Waals surface area contributed by atoms with Crippen molar-refractivity contribution in [2.45, 2.75) is 6.54 Å². The van der Waals surface area contributed by atoms with Gasteiger partial charge in [0.25, 0.3) is 5.91 Å². The van der Waals surface area contributed by atoms with Crippen molar-refractivity contribution in [3.63, 3.8) is 0 Å². The number of nitrogens with one attached hydrogen (secondary N) is 3. The first-order valence-electron chi connectivity index (χ1n) is 10.6. The zero-order valence-electron chi connectivity index (χ0n) is 17.9. The van der Waals surface area contributed by atoms with Gasteiger partial charge in [0.05, 0.1) is 46.1 Å². The number of nitrogens with zero attached hydrogens (tertiary/aromatic N) is 3. The molecule has 34 heavy (non-hydrogen) atoms. The van der Waals surface area contributed by atoms with E-state index in [2.05, 4.69) is 30.5 Å². The number of pyridine rings is 2. The molecule has 166 valence electrons. The molecule has 9 heteroatoms. The summed E-state index contributed by atoms with van der Waals surface area (Å²) < 4.78 is 0. The molecule has 0 atom stereocenters. The number of carbonyl (C=O) groups excluding carboxylic acids is 1. The van der Waals surface area contributed by atoms with Gasteiger partial charge in [0.15, 0.2) is 0 Å². The molecule has 1 amide bonds. The van der Waals surface area contributed by atoms with Gasteiger partial charge in [-0.3, -0.25) is 14.9 Å². The maximum atomic E-state index is 13.2. The van der Waals surface area contributed by atoms with Gasteiger partial charge in [0.1, 0.15) is 5.82 Å². The van der Waals surface area contributed by atoms with Gasteiger partial charge in [-0.2, -0.15) is 5.10 Å². The summed E-state index contributed by atoms with van der Waals surface area (Å²) in [5, 5.41) is 12.0. The maximum Gasteiger partial charge on any atom is 0.253 e. The van der Waals surface area contributed by atoms with Gasteiger partial charge >= 0.3 is 0 Å². The smallest absolute Gasteiger partial charge is 0.253 e. The normalized spacial score (nSPS) is 11.3. The highest BCUT2D eigenvalue weighted by Gasteiger charge is 2.17. The van der Waals surface area contributed by atoms with Gasteiger partial charge in [0.2, 0.25) is 0 Å². The number of aromatic amines is 2.